The maximum atomic E-state index is 12.3. The van der Waals surface area contributed by atoms with Crippen molar-refractivity contribution in [2.24, 2.45) is 5.92 Å². The molecule has 0 aliphatic heterocycles. The van der Waals surface area contributed by atoms with Crippen LogP contribution < -0.4 is 0 Å². The van der Waals surface area contributed by atoms with Gasteiger partial charge in [-0.3, -0.25) is 0 Å². The third kappa shape index (κ3) is 2.94. The number of carbonyl (C=O) groups is 1. The fourth-order valence-electron chi connectivity index (χ4n) is 1.17. The van der Waals surface area contributed by atoms with Gasteiger partial charge in [0, 0.05) is 0 Å². The molecule has 0 radical (unpaired) electrons. The zero-order valence-electron chi connectivity index (χ0n) is 8.63. The SMILES string of the molecule is CC(C)Cc1nc(C(F)(F)F)sc1C(=O)O. The van der Waals surface area contributed by atoms with Gasteiger partial charge in [-0.15, -0.1) is 11.3 Å². The Morgan fingerprint density at radius 1 is 1.50 bits per heavy atom. The molecule has 16 heavy (non-hydrogen) atoms. The Bertz CT molecular complexity index is 398. The average molecular weight is 253 g/mol. The van der Waals surface area contributed by atoms with Crippen LogP contribution in [0.5, 0.6) is 0 Å². The molecule has 1 rings (SSSR count). The first kappa shape index (κ1) is 13.0. The lowest BCUT2D eigenvalue weighted by molar-refractivity contribution is -0.137. The highest BCUT2D eigenvalue weighted by molar-refractivity contribution is 7.13. The smallest absolute Gasteiger partial charge is 0.443 e. The molecule has 0 bridgehead atoms. The molecule has 7 heteroatoms. The van der Waals surface area contributed by atoms with E-state index in [-0.39, 0.29) is 34.2 Å². The minimum absolute atomic E-state index is 0.0137. The number of halogens is 3. The van der Waals surface area contributed by atoms with E-state index in [1.165, 1.54) is 0 Å². The van der Waals surface area contributed by atoms with Gasteiger partial charge in [0.05, 0.1) is 5.69 Å². The van der Waals surface area contributed by atoms with Crippen LogP contribution in [0.3, 0.4) is 0 Å². The minimum Gasteiger partial charge on any atom is -0.477 e. The first-order chi connectivity index (χ1) is 7.21. The quantitative estimate of drug-likeness (QED) is 0.900. The van der Waals surface area contributed by atoms with Crippen molar-refractivity contribution in [3.8, 4) is 0 Å². The molecule has 0 atom stereocenters. The fourth-order valence-corrected chi connectivity index (χ4v) is 1.96. The molecule has 0 amide bonds. The molecule has 0 spiro atoms. The van der Waals surface area contributed by atoms with Gasteiger partial charge in [-0.2, -0.15) is 13.2 Å². The van der Waals surface area contributed by atoms with E-state index in [1.807, 2.05) is 0 Å². The molecule has 0 saturated carbocycles. The van der Waals surface area contributed by atoms with Gasteiger partial charge in [0.1, 0.15) is 4.88 Å². The number of alkyl halides is 3. The summed E-state index contributed by atoms with van der Waals surface area (Å²) in [6.07, 6.45) is -4.35. The number of hydrogen-bond acceptors (Lipinski definition) is 3. The van der Waals surface area contributed by atoms with Crippen molar-refractivity contribution in [1.29, 1.82) is 0 Å². The number of hydrogen-bond donors (Lipinski definition) is 1. The first-order valence-electron chi connectivity index (χ1n) is 4.52. The summed E-state index contributed by atoms with van der Waals surface area (Å²) >= 11 is 0.181. The highest BCUT2D eigenvalue weighted by Gasteiger charge is 2.37. The van der Waals surface area contributed by atoms with Crippen LogP contribution in [0.2, 0.25) is 0 Å². The number of aromatic carboxylic acids is 1. The lowest BCUT2D eigenvalue weighted by Gasteiger charge is -2.02. The molecule has 0 unspecified atom stereocenters. The molecule has 0 fully saturated rings. The molecule has 1 aromatic rings. The highest BCUT2D eigenvalue weighted by Crippen LogP contribution is 2.34. The Balaban J connectivity index is 3.15. The van der Waals surface area contributed by atoms with Crippen LogP contribution in [0.15, 0.2) is 0 Å². The molecule has 90 valence electrons. The summed E-state index contributed by atoms with van der Waals surface area (Å²) in [6.45, 7) is 3.58. The van der Waals surface area contributed by atoms with E-state index >= 15 is 0 Å². The predicted molar refractivity (Wildman–Crippen MR) is 52.6 cm³/mol. The van der Waals surface area contributed by atoms with Crippen molar-refractivity contribution >= 4 is 17.3 Å². The Kier molecular flexibility index (Phi) is 3.57. The van der Waals surface area contributed by atoms with Gasteiger partial charge >= 0.3 is 12.1 Å². The molecule has 0 aliphatic carbocycles. The highest BCUT2D eigenvalue weighted by atomic mass is 32.1. The number of carboxylic acids is 1. The van der Waals surface area contributed by atoms with Crippen LogP contribution in [0.1, 0.15) is 34.2 Å². The molecular formula is C9H10F3NO2S. The summed E-state index contributed by atoms with van der Waals surface area (Å²) in [5.74, 6) is -1.30. The second kappa shape index (κ2) is 4.40. The van der Waals surface area contributed by atoms with Crippen LogP contribution >= 0.6 is 11.3 Å². The molecular weight excluding hydrogens is 243 g/mol. The van der Waals surface area contributed by atoms with Crippen LogP contribution in [0.25, 0.3) is 0 Å². The standard InChI is InChI=1S/C9H10F3NO2S/c1-4(2)3-5-6(7(14)15)16-8(13-5)9(10,11)12/h4H,3H2,1-2H3,(H,14,15). The Morgan fingerprint density at radius 2 is 2.06 bits per heavy atom. The maximum absolute atomic E-state index is 12.3. The van der Waals surface area contributed by atoms with Crippen molar-refractivity contribution < 1.29 is 23.1 Å². The normalized spacial score (nSPS) is 12.1. The molecule has 3 nitrogen and oxygen atoms in total. The van der Waals surface area contributed by atoms with E-state index in [0.717, 1.165) is 0 Å². The molecule has 0 aliphatic rings. The number of aromatic nitrogens is 1. The molecule has 1 aromatic heterocycles. The van der Waals surface area contributed by atoms with Gasteiger partial charge in [0.2, 0.25) is 0 Å². The number of carboxylic acid groups (broad SMARTS) is 1. The predicted octanol–water partition coefficient (Wildman–Crippen LogP) is 3.06. The third-order valence-corrected chi connectivity index (χ3v) is 2.87. The minimum atomic E-state index is -4.58. The largest absolute Gasteiger partial charge is 0.477 e. The van der Waals surface area contributed by atoms with Crippen molar-refractivity contribution in [3.63, 3.8) is 0 Å². The van der Waals surface area contributed by atoms with Crippen molar-refractivity contribution in [2.45, 2.75) is 26.4 Å². The summed E-state index contributed by atoms with van der Waals surface area (Å²) in [4.78, 5) is 13.8. The van der Waals surface area contributed by atoms with Crippen LogP contribution in [0.4, 0.5) is 13.2 Å². The maximum Gasteiger partial charge on any atom is 0.443 e. The van der Waals surface area contributed by atoms with Gasteiger partial charge in [0.15, 0.2) is 5.01 Å². The monoisotopic (exact) mass is 253 g/mol. The Labute approximate surface area is 93.9 Å². The lowest BCUT2D eigenvalue weighted by atomic mass is 10.1. The van der Waals surface area contributed by atoms with E-state index in [2.05, 4.69) is 4.98 Å². The van der Waals surface area contributed by atoms with Gasteiger partial charge < -0.3 is 5.11 Å². The van der Waals surface area contributed by atoms with Crippen LogP contribution in [-0.4, -0.2) is 16.1 Å². The van der Waals surface area contributed by atoms with E-state index in [9.17, 15) is 18.0 Å². The second-order valence-electron chi connectivity index (χ2n) is 3.70. The van der Waals surface area contributed by atoms with Crippen molar-refractivity contribution in [3.05, 3.63) is 15.6 Å². The zero-order valence-corrected chi connectivity index (χ0v) is 9.45. The third-order valence-electron chi connectivity index (χ3n) is 1.74. The molecule has 0 aromatic carbocycles. The first-order valence-corrected chi connectivity index (χ1v) is 5.33. The average Bonchev–Trinajstić information content (AvgIpc) is 2.45. The van der Waals surface area contributed by atoms with Gasteiger partial charge in [-0.05, 0) is 12.3 Å². The summed E-state index contributed by atoms with van der Waals surface area (Å²) in [7, 11) is 0. The molecule has 1 heterocycles. The van der Waals surface area contributed by atoms with E-state index < -0.39 is 17.2 Å². The lowest BCUT2D eigenvalue weighted by Crippen LogP contribution is -2.05. The van der Waals surface area contributed by atoms with E-state index in [1.54, 1.807) is 13.8 Å². The Hall–Kier alpha value is -1.11. The molecule has 1 N–H and O–H groups in total. The van der Waals surface area contributed by atoms with E-state index in [0.29, 0.717) is 0 Å². The summed E-state index contributed by atoms with van der Waals surface area (Å²) in [5.41, 5.74) is 0.0137. The van der Waals surface area contributed by atoms with Crippen molar-refractivity contribution in [1.82, 2.24) is 4.98 Å². The number of rotatable bonds is 3. The summed E-state index contributed by atoms with van der Waals surface area (Å²) in [5, 5.41) is 7.66. The van der Waals surface area contributed by atoms with Crippen LogP contribution in [0, 0.1) is 5.92 Å². The zero-order chi connectivity index (χ0) is 12.5. The number of thiazole rings is 1. The van der Waals surface area contributed by atoms with Crippen LogP contribution in [-0.2, 0) is 12.6 Å². The van der Waals surface area contributed by atoms with Gasteiger partial charge in [-0.25, -0.2) is 9.78 Å². The second-order valence-corrected chi connectivity index (χ2v) is 4.69. The Morgan fingerprint density at radius 3 is 2.44 bits per heavy atom. The van der Waals surface area contributed by atoms with Gasteiger partial charge in [0.25, 0.3) is 0 Å². The number of nitrogens with zero attached hydrogens (tertiary/aromatic N) is 1. The van der Waals surface area contributed by atoms with E-state index in [4.69, 9.17) is 5.11 Å². The molecule has 0 saturated heterocycles. The topological polar surface area (TPSA) is 50.2 Å². The summed E-state index contributed by atoms with van der Waals surface area (Å²) in [6, 6.07) is 0. The van der Waals surface area contributed by atoms with Gasteiger partial charge in [-0.1, -0.05) is 13.8 Å². The fraction of sp³-hybridized carbons (Fsp3) is 0.556. The summed E-state index contributed by atoms with van der Waals surface area (Å²) < 4.78 is 37.0. The van der Waals surface area contributed by atoms with Crippen molar-refractivity contribution in [2.75, 3.05) is 0 Å².